The Bertz CT molecular complexity index is 762. The van der Waals surface area contributed by atoms with E-state index in [1.165, 1.54) is 18.3 Å². The monoisotopic (exact) mass is 357 g/mol. The number of methoxy groups -OCH3 is 1. The molecule has 2 aromatic rings. The molecule has 10 heteroatoms. The summed E-state index contributed by atoms with van der Waals surface area (Å²) in [5, 5.41) is 3.54. The molecule has 1 amide bonds. The van der Waals surface area contributed by atoms with Gasteiger partial charge in [0.15, 0.2) is 5.76 Å². The molecule has 0 bridgehead atoms. The van der Waals surface area contributed by atoms with Gasteiger partial charge in [0.2, 0.25) is 0 Å². The van der Waals surface area contributed by atoms with Crippen molar-refractivity contribution >= 4 is 17.7 Å². The molecule has 0 aliphatic rings. The third-order valence-corrected chi connectivity index (χ3v) is 3.19. The summed E-state index contributed by atoms with van der Waals surface area (Å²) < 4.78 is 50.3. The van der Waals surface area contributed by atoms with Gasteiger partial charge in [0.25, 0.3) is 5.91 Å². The van der Waals surface area contributed by atoms with Crippen LogP contribution < -0.4 is 10.6 Å². The Morgan fingerprint density at radius 1 is 1.28 bits per heavy atom. The molecular formula is C15H14F3N3O4. The maximum absolute atomic E-state index is 13.8. The Hall–Kier alpha value is -3.04. The first-order chi connectivity index (χ1) is 11.7. The number of carbonyl (C=O) groups excluding carboxylic acids is 2. The third kappa shape index (κ3) is 3.73. The van der Waals surface area contributed by atoms with Gasteiger partial charge in [0.1, 0.15) is 5.82 Å². The summed E-state index contributed by atoms with van der Waals surface area (Å²) >= 11 is 0. The van der Waals surface area contributed by atoms with E-state index in [1.807, 2.05) is 5.32 Å². The first-order valence-electron chi connectivity index (χ1n) is 6.91. The number of hydrogen-bond donors (Lipinski definition) is 2. The zero-order valence-electron chi connectivity index (χ0n) is 13.2. The Morgan fingerprint density at radius 2 is 2.00 bits per heavy atom. The summed E-state index contributed by atoms with van der Waals surface area (Å²) in [5.74, 6) is -3.70. The van der Waals surface area contributed by atoms with Crippen molar-refractivity contribution in [1.29, 1.82) is 0 Å². The second-order valence-electron chi connectivity index (χ2n) is 5.01. The molecule has 2 aromatic heterocycles. The molecule has 0 aromatic carbocycles. The standard InChI is InChI=1S/C15H14F3N3O4/c1-9-5-6-19-11(8-9)20-14(13(23)24-2,15(16,17)18)21-12(22)10-4-3-7-25-10/h3-8H,1-2H3,(H,19,20)(H,21,22)/t14-/m0/s1. The number of esters is 1. The van der Waals surface area contributed by atoms with Crippen molar-refractivity contribution < 1.29 is 31.9 Å². The van der Waals surface area contributed by atoms with Crippen molar-refractivity contribution in [3.05, 3.63) is 48.0 Å². The highest BCUT2D eigenvalue weighted by atomic mass is 19.4. The highest BCUT2D eigenvalue weighted by Crippen LogP contribution is 2.33. The van der Waals surface area contributed by atoms with E-state index in [1.54, 1.807) is 18.3 Å². The number of nitrogens with one attached hydrogen (secondary N) is 2. The lowest BCUT2D eigenvalue weighted by Crippen LogP contribution is -2.69. The number of hydrogen-bond acceptors (Lipinski definition) is 6. The second kappa shape index (κ2) is 6.83. The molecule has 25 heavy (non-hydrogen) atoms. The molecule has 0 radical (unpaired) electrons. The SMILES string of the molecule is COC(=O)[C@@](NC(=O)c1ccco1)(Nc1cc(C)ccn1)C(F)(F)F. The number of furan rings is 1. The molecular weight excluding hydrogens is 343 g/mol. The predicted octanol–water partition coefficient (Wildman–Crippen LogP) is 2.26. The van der Waals surface area contributed by atoms with Crippen LogP contribution >= 0.6 is 0 Å². The fourth-order valence-corrected chi connectivity index (χ4v) is 1.98. The Kier molecular flexibility index (Phi) is 5.00. The third-order valence-electron chi connectivity index (χ3n) is 3.19. The van der Waals surface area contributed by atoms with Gasteiger partial charge in [-0.2, -0.15) is 13.2 Å². The largest absolute Gasteiger partial charge is 0.466 e. The van der Waals surface area contributed by atoms with E-state index in [2.05, 4.69) is 9.72 Å². The van der Waals surface area contributed by atoms with Gasteiger partial charge in [0, 0.05) is 6.20 Å². The van der Waals surface area contributed by atoms with Gasteiger partial charge in [-0.05, 0) is 36.8 Å². The average molecular weight is 357 g/mol. The van der Waals surface area contributed by atoms with Crippen LogP contribution in [0.2, 0.25) is 0 Å². The molecule has 2 N–H and O–H groups in total. The second-order valence-corrected chi connectivity index (χ2v) is 5.01. The number of alkyl halides is 3. The summed E-state index contributed by atoms with van der Waals surface area (Å²) in [7, 11) is 0.771. The molecule has 1 atom stereocenters. The molecule has 7 nitrogen and oxygen atoms in total. The number of halogens is 3. The van der Waals surface area contributed by atoms with E-state index in [0.717, 1.165) is 19.4 Å². The van der Waals surface area contributed by atoms with Crippen LogP contribution in [0.25, 0.3) is 0 Å². The van der Waals surface area contributed by atoms with Crippen molar-refractivity contribution in [2.24, 2.45) is 0 Å². The number of anilines is 1. The predicted molar refractivity (Wildman–Crippen MR) is 79.6 cm³/mol. The van der Waals surface area contributed by atoms with Crippen LogP contribution in [0.15, 0.2) is 41.1 Å². The van der Waals surface area contributed by atoms with Crippen LogP contribution in [0.3, 0.4) is 0 Å². The normalized spacial score (nSPS) is 13.6. The minimum Gasteiger partial charge on any atom is -0.466 e. The molecule has 2 heterocycles. The Balaban J connectivity index is 2.48. The highest BCUT2D eigenvalue weighted by molar-refractivity contribution is 5.97. The maximum atomic E-state index is 13.8. The average Bonchev–Trinajstić information content (AvgIpc) is 3.06. The molecule has 134 valence electrons. The summed E-state index contributed by atoms with van der Waals surface area (Å²) in [5.41, 5.74) is -2.96. The Labute approximate surface area is 140 Å². The number of aryl methyl sites for hydroxylation is 1. The molecule has 0 fully saturated rings. The topological polar surface area (TPSA) is 93.5 Å². The lowest BCUT2D eigenvalue weighted by molar-refractivity contribution is -0.203. The van der Waals surface area contributed by atoms with Gasteiger partial charge >= 0.3 is 17.8 Å². The smallest absolute Gasteiger partial charge is 0.441 e. The number of nitrogens with zero attached hydrogens (tertiary/aromatic N) is 1. The van der Waals surface area contributed by atoms with Crippen LogP contribution in [0, 0.1) is 6.92 Å². The molecule has 0 spiro atoms. The summed E-state index contributed by atoms with van der Waals surface area (Å²) in [6.07, 6.45) is -2.88. The zero-order chi connectivity index (χ0) is 18.7. The van der Waals surface area contributed by atoms with Crippen LogP contribution in [-0.4, -0.2) is 35.8 Å². The van der Waals surface area contributed by atoms with Crippen LogP contribution in [0.5, 0.6) is 0 Å². The molecule has 0 saturated heterocycles. The fraction of sp³-hybridized carbons (Fsp3) is 0.267. The van der Waals surface area contributed by atoms with Gasteiger partial charge in [-0.25, -0.2) is 9.78 Å². The number of carbonyl (C=O) groups is 2. The first kappa shape index (κ1) is 18.3. The number of pyridine rings is 1. The quantitative estimate of drug-likeness (QED) is 0.630. The minimum absolute atomic E-state index is 0.275. The zero-order valence-corrected chi connectivity index (χ0v) is 13.2. The van der Waals surface area contributed by atoms with Gasteiger partial charge in [-0.15, -0.1) is 0 Å². The number of aromatic nitrogens is 1. The van der Waals surface area contributed by atoms with E-state index < -0.39 is 29.5 Å². The van der Waals surface area contributed by atoms with Gasteiger partial charge in [0.05, 0.1) is 13.4 Å². The van der Waals surface area contributed by atoms with E-state index in [9.17, 15) is 22.8 Å². The van der Waals surface area contributed by atoms with Crippen molar-refractivity contribution in [3.63, 3.8) is 0 Å². The molecule has 0 unspecified atom stereocenters. The van der Waals surface area contributed by atoms with E-state index >= 15 is 0 Å². The fourth-order valence-electron chi connectivity index (χ4n) is 1.98. The lowest BCUT2D eigenvalue weighted by atomic mass is 10.1. The first-order valence-corrected chi connectivity index (χ1v) is 6.91. The number of rotatable bonds is 5. The van der Waals surface area contributed by atoms with Crippen molar-refractivity contribution in [2.45, 2.75) is 18.8 Å². The minimum atomic E-state index is -5.24. The van der Waals surface area contributed by atoms with Gasteiger partial charge < -0.3 is 19.8 Å². The maximum Gasteiger partial charge on any atom is 0.441 e. The summed E-state index contributed by atoms with van der Waals surface area (Å²) in [6, 6.07) is 5.30. The Morgan fingerprint density at radius 3 is 2.52 bits per heavy atom. The van der Waals surface area contributed by atoms with Crippen molar-refractivity contribution in [1.82, 2.24) is 10.3 Å². The van der Waals surface area contributed by atoms with Crippen molar-refractivity contribution in [2.75, 3.05) is 12.4 Å². The molecule has 2 rings (SSSR count). The van der Waals surface area contributed by atoms with Crippen molar-refractivity contribution in [3.8, 4) is 0 Å². The highest BCUT2D eigenvalue weighted by Gasteiger charge is 2.64. The van der Waals surface area contributed by atoms with E-state index in [4.69, 9.17) is 4.42 Å². The molecule has 0 saturated carbocycles. The van der Waals surface area contributed by atoms with Gasteiger partial charge in [-0.3, -0.25) is 4.79 Å². The number of amides is 1. The summed E-state index contributed by atoms with van der Waals surface area (Å²) in [6.45, 7) is 1.63. The lowest BCUT2D eigenvalue weighted by Gasteiger charge is -2.34. The number of ether oxygens (including phenoxy) is 1. The van der Waals surface area contributed by atoms with Crippen LogP contribution in [-0.2, 0) is 9.53 Å². The van der Waals surface area contributed by atoms with Gasteiger partial charge in [-0.1, -0.05) is 0 Å². The van der Waals surface area contributed by atoms with E-state index in [-0.39, 0.29) is 5.82 Å². The molecule has 0 aliphatic carbocycles. The summed E-state index contributed by atoms with van der Waals surface area (Å²) in [4.78, 5) is 27.8. The molecule has 0 aliphatic heterocycles. The van der Waals surface area contributed by atoms with Crippen LogP contribution in [0.4, 0.5) is 19.0 Å². The van der Waals surface area contributed by atoms with Crippen LogP contribution in [0.1, 0.15) is 16.1 Å². The van der Waals surface area contributed by atoms with E-state index in [0.29, 0.717) is 5.56 Å².